The largest absolute Gasteiger partial charge is 0.494 e. The molecular formula is C15H21NO3S. The lowest BCUT2D eigenvalue weighted by Gasteiger charge is -2.12. The van der Waals surface area contributed by atoms with E-state index in [-0.39, 0.29) is 17.9 Å². The number of carbonyl (C=O) groups excluding carboxylic acids is 1. The van der Waals surface area contributed by atoms with Gasteiger partial charge in [-0.2, -0.15) is 0 Å². The van der Waals surface area contributed by atoms with Gasteiger partial charge in [-0.25, -0.2) is 0 Å². The molecule has 0 unspecified atom stereocenters. The fraction of sp³-hybridized carbons (Fsp3) is 0.533. The van der Waals surface area contributed by atoms with Crippen LogP contribution >= 0.6 is 11.8 Å². The van der Waals surface area contributed by atoms with Gasteiger partial charge in [0, 0.05) is 16.9 Å². The lowest BCUT2D eigenvalue weighted by molar-refractivity contribution is -0.118. The monoisotopic (exact) mass is 295 g/mol. The minimum atomic E-state index is -0.0283. The van der Waals surface area contributed by atoms with Crippen molar-refractivity contribution < 1.29 is 14.6 Å². The Bertz CT molecular complexity index is 443. The molecule has 0 heterocycles. The normalized spacial score (nSPS) is 15.7. The van der Waals surface area contributed by atoms with Crippen molar-refractivity contribution in [1.29, 1.82) is 0 Å². The highest BCUT2D eigenvalue weighted by Crippen LogP contribution is 2.44. The van der Waals surface area contributed by atoms with E-state index in [1.165, 1.54) is 11.8 Å². The van der Waals surface area contributed by atoms with Gasteiger partial charge in [0.25, 0.3) is 0 Å². The van der Waals surface area contributed by atoms with Gasteiger partial charge < -0.3 is 15.2 Å². The summed E-state index contributed by atoms with van der Waals surface area (Å²) >= 11 is 1.50. The maximum absolute atomic E-state index is 11.7. The molecule has 5 heteroatoms. The third-order valence-electron chi connectivity index (χ3n) is 3.46. The zero-order valence-corrected chi connectivity index (χ0v) is 12.5. The molecule has 110 valence electrons. The summed E-state index contributed by atoms with van der Waals surface area (Å²) in [5.74, 6) is 1.26. The third-order valence-corrected chi connectivity index (χ3v) is 4.47. The third kappa shape index (κ3) is 4.42. The van der Waals surface area contributed by atoms with Gasteiger partial charge in [0.1, 0.15) is 5.75 Å². The van der Waals surface area contributed by atoms with Crippen LogP contribution < -0.4 is 10.1 Å². The van der Waals surface area contributed by atoms with Crippen molar-refractivity contribution in [1.82, 2.24) is 5.32 Å². The zero-order chi connectivity index (χ0) is 14.4. The summed E-state index contributed by atoms with van der Waals surface area (Å²) < 4.78 is 5.37. The Morgan fingerprint density at radius 2 is 2.10 bits per heavy atom. The molecule has 0 aliphatic heterocycles. The standard InChI is InChI=1S/C15H21NO3S/c1-2-19-12-3-5-13(6-4-12)20-9-14(18)16-10-15(11-17)7-8-15/h3-6,17H,2,7-11H2,1H3,(H,16,18). The van der Waals surface area contributed by atoms with E-state index < -0.39 is 0 Å². The first-order valence-electron chi connectivity index (χ1n) is 6.91. The van der Waals surface area contributed by atoms with Gasteiger partial charge in [-0.15, -0.1) is 11.8 Å². The zero-order valence-electron chi connectivity index (χ0n) is 11.7. The molecule has 2 rings (SSSR count). The van der Waals surface area contributed by atoms with Gasteiger partial charge in [0.2, 0.25) is 5.91 Å². The van der Waals surface area contributed by atoms with Crippen molar-refractivity contribution in [2.24, 2.45) is 5.41 Å². The fourth-order valence-corrected chi connectivity index (χ4v) is 2.58. The molecular weight excluding hydrogens is 274 g/mol. The molecule has 1 aliphatic rings. The number of benzene rings is 1. The highest BCUT2D eigenvalue weighted by molar-refractivity contribution is 8.00. The molecule has 1 fully saturated rings. The van der Waals surface area contributed by atoms with E-state index in [0.29, 0.717) is 18.9 Å². The summed E-state index contributed by atoms with van der Waals surface area (Å²) in [7, 11) is 0. The summed E-state index contributed by atoms with van der Waals surface area (Å²) in [6.45, 7) is 3.36. The van der Waals surface area contributed by atoms with Crippen molar-refractivity contribution in [3.63, 3.8) is 0 Å². The Hall–Kier alpha value is -1.20. The lowest BCUT2D eigenvalue weighted by Crippen LogP contribution is -2.32. The second kappa shape index (κ2) is 6.99. The molecule has 1 aromatic rings. The van der Waals surface area contributed by atoms with Crippen LogP contribution in [0.25, 0.3) is 0 Å². The molecule has 0 radical (unpaired) electrons. The summed E-state index contributed by atoms with van der Waals surface area (Å²) in [4.78, 5) is 12.8. The molecule has 0 saturated heterocycles. The van der Waals surface area contributed by atoms with Crippen LogP contribution in [0.1, 0.15) is 19.8 Å². The van der Waals surface area contributed by atoms with Crippen LogP contribution in [0, 0.1) is 5.41 Å². The molecule has 1 saturated carbocycles. The van der Waals surface area contributed by atoms with Crippen LogP contribution in [-0.4, -0.2) is 36.5 Å². The van der Waals surface area contributed by atoms with Gasteiger partial charge in [-0.3, -0.25) is 4.79 Å². The van der Waals surface area contributed by atoms with Crippen molar-refractivity contribution in [2.45, 2.75) is 24.7 Å². The van der Waals surface area contributed by atoms with Crippen LogP contribution in [0.5, 0.6) is 5.75 Å². The van der Waals surface area contributed by atoms with E-state index in [1.807, 2.05) is 31.2 Å². The maximum Gasteiger partial charge on any atom is 0.230 e. The molecule has 1 aliphatic carbocycles. The van der Waals surface area contributed by atoms with Gasteiger partial charge in [0.05, 0.1) is 19.0 Å². The molecule has 4 nitrogen and oxygen atoms in total. The molecule has 1 amide bonds. The van der Waals surface area contributed by atoms with Crippen LogP contribution in [0.4, 0.5) is 0 Å². The van der Waals surface area contributed by atoms with Crippen LogP contribution in [0.15, 0.2) is 29.2 Å². The number of rotatable bonds is 8. The minimum Gasteiger partial charge on any atom is -0.494 e. The van der Waals surface area contributed by atoms with Crippen LogP contribution in [-0.2, 0) is 4.79 Å². The van der Waals surface area contributed by atoms with Gasteiger partial charge >= 0.3 is 0 Å². The van der Waals surface area contributed by atoms with E-state index in [1.54, 1.807) is 0 Å². The SMILES string of the molecule is CCOc1ccc(SCC(=O)NCC2(CO)CC2)cc1. The number of nitrogens with one attached hydrogen (secondary N) is 1. The van der Waals surface area contributed by atoms with Gasteiger partial charge in [-0.1, -0.05) is 0 Å². The van der Waals surface area contributed by atoms with E-state index >= 15 is 0 Å². The van der Waals surface area contributed by atoms with Gasteiger partial charge in [-0.05, 0) is 44.0 Å². The minimum absolute atomic E-state index is 0.0172. The number of thioether (sulfide) groups is 1. The lowest BCUT2D eigenvalue weighted by atomic mass is 10.1. The maximum atomic E-state index is 11.7. The summed E-state index contributed by atoms with van der Waals surface area (Å²) in [5.41, 5.74) is -0.0283. The van der Waals surface area contributed by atoms with E-state index in [9.17, 15) is 9.90 Å². The van der Waals surface area contributed by atoms with E-state index in [0.717, 1.165) is 23.5 Å². The Morgan fingerprint density at radius 3 is 2.65 bits per heavy atom. The Morgan fingerprint density at radius 1 is 1.40 bits per heavy atom. The molecule has 0 atom stereocenters. The first-order chi connectivity index (χ1) is 9.67. The molecule has 2 N–H and O–H groups in total. The second-order valence-electron chi connectivity index (χ2n) is 5.13. The van der Waals surface area contributed by atoms with E-state index in [4.69, 9.17) is 4.74 Å². The summed E-state index contributed by atoms with van der Waals surface area (Å²) in [6.07, 6.45) is 2.02. The first-order valence-corrected chi connectivity index (χ1v) is 7.89. The molecule has 0 bridgehead atoms. The number of aliphatic hydroxyl groups excluding tert-OH is 1. The van der Waals surface area contributed by atoms with Crippen molar-refractivity contribution in [2.75, 3.05) is 25.5 Å². The number of aliphatic hydroxyl groups is 1. The number of hydrogen-bond donors (Lipinski definition) is 2. The Labute approximate surface area is 123 Å². The van der Waals surface area contributed by atoms with Crippen molar-refractivity contribution in [3.05, 3.63) is 24.3 Å². The predicted molar refractivity (Wildman–Crippen MR) is 80.1 cm³/mol. The fourth-order valence-electron chi connectivity index (χ4n) is 1.85. The number of ether oxygens (including phenoxy) is 1. The van der Waals surface area contributed by atoms with E-state index in [2.05, 4.69) is 5.32 Å². The van der Waals surface area contributed by atoms with Crippen LogP contribution in [0.3, 0.4) is 0 Å². The van der Waals surface area contributed by atoms with Gasteiger partial charge in [0.15, 0.2) is 0 Å². The molecule has 20 heavy (non-hydrogen) atoms. The number of hydrogen-bond acceptors (Lipinski definition) is 4. The first kappa shape index (κ1) is 15.2. The highest BCUT2D eigenvalue weighted by Gasteiger charge is 2.41. The average Bonchev–Trinajstić information content (AvgIpc) is 3.25. The summed E-state index contributed by atoms with van der Waals surface area (Å²) in [6, 6.07) is 7.74. The predicted octanol–water partition coefficient (Wildman–Crippen LogP) is 2.07. The average molecular weight is 295 g/mol. The van der Waals surface area contributed by atoms with Crippen LogP contribution in [0.2, 0.25) is 0 Å². The quantitative estimate of drug-likeness (QED) is 0.721. The van der Waals surface area contributed by atoms with Crippen molar-refractivity contribution in [3.8, 4) is 5.75 Å². The Balaban J connectivity index is 1.70. The molecule has 0 spiro atoms. The topological polar surface area (TPSA) is 58.6 Å². The highest BCUT2D eigenvalue weighted by atomic mass is 32.2. The van der Waals surface area contributed by atoms with Crippen molar-refractivity contribution >= 4 is 17.7 Å². The number of amides is 1. The second-order valence-corrected chi connectivity index (χ2v) is 6.18. The summed E-state index contributed by atoms with van der Waals surface area (Å²) in [5, 5.41) is 12.1. The number of carbonyl (C=O) groups is 1. The smallest absolute Gasteiger partial charge is 0.230 e. The Kier molecular flexibility index (Phi) is 5.31. The molecule has 1 aromatic carbocycles. The molecule has 0 aromatic heterocycles.